The minimum absolute atomic E-state index is 1.06. The number of hydrogen-bond donors (Lipinski definition) is 0. The Kier molecular flexibility index (Phi) is 3.75. The molecule has 1 aromatic carbocycles. The number of aromatic nitrogens is 1. The van der Waals surface area contributed by atoms with Crippen molar-refractivity contribution in [2.24, 2.45) is 0 Å². The number of aromatic amines is 1. The van der Waals surface area contributed by atoms with E-state index in [1.54, 1.807) is 0 Å². The molecule has 2 aromatic rings. The van der Waals surface area contributed by atoms with Crippen LogP contribution in [0.2, 0.25) is 0 Å². The number of pyridine rings is 1. The van der Waals surface area contributed by atoms with Gasteiger partial charge in [0.15, 0.2) is 0 Å². The third kappa shape index (κ3) is 3.12. The van der Waals surface area contributed by atoms with E-state index >= 15 is 0 Å². The van der Waals surface area contributed by atoms with Crippen molar-refractivity contribution in [1.29, 1.82) is 0 Å². The van der Waals surface area contributed by atoms with E-state index in [1.807, 2.05) is 12.3 Å². The molecule has 0 amide bonds. The molecule has 1 saturated heterocycles. The number of H-pyrrole nitrogens is 1. The Bertz CT molecular complexity index is 490. The van der Waals surface area contributed by atoms with Crippen molar-refractivity contribution in [3.05, 3.63) is 60.3 Å². The normalized spacial score (nSPS) is 16.5. The van der Waals surface area contributed by atoms with Gasteiger partial charge in [0.2, 0.25) is 0 Å². The maximum Gasteiger partial charge on any atom is 0.274 e. The van der Waals surface area contributed by atoms with Crippen LogP contribution < -0.4 is 9.88 Å². The van der Waals surface area contributed by atoms with E-state index in [2.05, 4.69) is 57.2 Å². The topological polar surface area (TPSA) is 20.6 Å². The molecule has 0 bridgehead atoms. The summed E-state index contributed by atoms with van der Waals surface area (Å²) in [5.41, 5.74) is 1.40. The molecule has 3 rings (SSSR count). The van der Waals surface area contributed by atoms with Gasteiger partial charge in [-0.05, 0) is 11.6 Å². The average molecular weight is 254 g/mol. The first-order valence-corrected chi connectivity index (χ1v) is 6.90. The summed E-state index contributed by atoms with van der Waals surface area (Å²) < 4.78 is 0. The van der Waals surface area contributed by atoms with Crippen molar-refractivity contribution in [1.82, 2.24) is 4.90 Å². The molecule has 1 aromatic heterocycles. The summed E-state index contributed by atoms with van der Waals surface area (Å²) in [6.45, 7) is 5.49. The minimum atomic E-state index is 1.06. The monoisotopic (exact) mass is 254 g/mol. The van der Waals surface area contributed by atoms with E-state index in [0.29, 0.717) is 0 Å². The van der Waals surface area contributed by atoms with Crippen LogP contribution in [0.5, 0.6) is 0 Å². The second-order valence-electron chi connectivity index (χ2n) is 5.00. The van der Waals surface area contributed by atoms with Gasteiger partial charge < -0.3 is 0 Å². The highest BCUT2D eigenvalue weighted by molar-refractivity contribution is 5.32. The lowest BCUT2D eigenvalue weighted by Crippen LogP contribution is -2.47. The van der Waals surface area contributed by atoms with Crippen LogP contribution in [0, 0.1) is 0 Å². The van der Waals surface area contributed by atoms with Crippen LogP contribution in [-0.4, -0.2) is 31.1 Å². The first-order valence-electron chi connectivity index (χ1n) is 6.90. The van der Waals surface area contributed by atoms with Crippen LogP contribution in [0.25, 0.3) is 0 Å². The molecule has 1 fully saturated rings. The van der Waals surface area contributed by atoms with Gasteiger partial charge in [0.25, 0.3) is 5.82 Å². The van der Waals surface area contributed by atoms with Crippen LogP contribution >= 0.6 is 0 Å². The molecule has 0 saturated carbocycles. The van der Waals surface area contributed by atoms with Crippen molar-refractivity contribution < 1.29 is 4.98 Å². The summed E-state index contributed by atoms with van der Waals surface area (Å²) in [5.74, 6) is 1.22. The molecule has 2 heterocycles. The Morgan fingerprint density at radius 3 is 2.26 bits per heavy atom. The zero-order valence-electron chi connectivity index (χ0n) is 11.1. The third-order valence-electron chi connectivity index (χ3n) is 3.65. The van der Waals surface area contributed by atoms with Crippen LogP contribution in [-0.2, 0) is 6.54 Å². The highest BCUT2D eigenvalue weighted by Gasteiger charge is 2.22. The second kappa shape index (κ2) is 5.85. The fraction of sp³-hybridized carbons (Fsp3) is 0.312. The molecule has 0 radical (unpaired) electrons. The summed E-state index contributed by atoms with van der Waals surface area (Å²) in [6.07, 6.45) is 1.99. The van der Waals surface area contributed by atoms with Gasteiger partial charge in [-0.1, -0.05) is 36.4 Å². The van der Waals surface area contributed by atoms with Gasteiger partial charge in [-0.25, -0.2) is 4.98 Å². The van der Waals surface area contributed by atoms with Gasteiger partial charge in [0.05, 0.1) is 19.3 Å². The molecule has 98 valence electrons. The lowest BCUT2D eigenvalue weighted by molar-refractivity contribution is -0.364. The lowest BCUT2D eigenvalue weighted by atomic mass is 10.2. The average Bonchev–Trinajstić information content (AvgIpc) is 2.50. The molecule has 19 heavy (non-hydrogen) atoms. The van der Waals surface area contributed by atoms with Crippen LogP contribution in [0.15, 0.2) is 54.7 Å². The number of nitrogens with zero attached hydrogens (tertiary/aromatic N) is 2. The fourth-order valence-electron chi connectivity index (χ4n) is 2.57. The van der Waals surface area contributed by atoms with E-state index in [-0.39, 0.29) is 0 Å². The Morgan fingerprint density at radius 2 is 1.58 bits per heavy atom. The van der Waals surface area contributed by atoms with Gasteiger partial charge in [-0.2, -0.15) is 0 Å². The molecular formula is C16H20N3+. The summed E-state index contributed by atoms with van der Waals surface area (Å²) in [5, 5.41) is 0. The molecular weight excluding hydrogens is 234 g/mol. The summed E-state index contributed by atoms with van der Waals surface area (Å²) in [6, 6.07) is 17.0. The second-order valence-corrected chi connectivity index (χ2v) is 5.00. The number of anilines is 1. The SMILES string of the molecule is c1ccc(CN2CCN(c3cccc[nH+]3)CC2)cc1. The van der Waals surface area contributed by atoms with Crippen LogP contribution in [0.4, 0.5) is 5.82 Å². The summed E-state index contributed by atoms with van der Waals surface area (Å²) in [4.78, 5) is 8.25. The number of piperazine rings is 1. The van der Waals surface area contributed by atoms with Crippen molar-refractivity contribution >= 4 is 5.82 Å². The van der Waals surface area contributed by atoms with E-state index < -0.39 is 0 Å². The Balaban J connectivity index is 1.55. The molecule has 1 N–H and O–H groups in total. The molecule has 0 unspecified atom stereocenters. The summed E-state index contributed by atoms with van der Waals surface area (Å²) in [7, 11) is 0. The maximum absolute atomic E-state index is 3.31. The maximum atomic E-state index is 3.31. The van der Waals surface area contributed by atoms with Crippen molar-refractivity contribution in [2.45, 2.75) is 6.54 Å². The van der Waals surface area contributed by atoms with Gasteiger partial charge in [0.1, 0.15) is 0 Å². The Hall–Kier alpha value is -1.87. The van der Waals surface area contributed by atoms with Gasteiger partial charge in [0, 0.05) is 25.7 Å². The standard InChI is InChI=1S/C16H19N3/c1-2-6-15(7-3-1)14-18-10-12-19(13-11-18)16-8-4-5-9-17-16/h1-9H,10-14H2/p+1. The van der Waals surface area contributed by atoms with E-state index in [4.69, 9.17) is 0 Å². The fourth-order valence-corrected chi connectivity index (χ4v) is 2.57. The highest BCUT2D eigenvalue weighted by Crippen LogP contribution is 2.12. The van der Waals surface area contributed by atoms with E-state index in [9.17, 15) is 0 Å². The van der Waals surface area contributed by atoms with Gasteiger partial charge in [-0.15, -0.1) is 0 Å². The molecule has 0 aliphatic carbocycles. The first kappa shape index (κ1) is 12.2. The predicted octanol–water partition coefficient (Wildman–Crippen LogP) is 1.82. The predicted molar refractivity (Wildman–Crippen MR) is 76.9 cm³/mol. The number of benzene rings is 1. The van der Waals surface area contributed by atoms with Crippen molar-refractivity contribution in [3.8, 4) is 0 Å². The smallest absolute Gasteiger partial charge is 0.274 e. The molecule has 3 heteroatoms. The van der Waals surface area contributed by atoms with E-state index in [1.165, 1.54) is 11.4 Å². The number of hydrogen-bond acceptors (Lipinski definition) is 2. The van der Waals surface area contributed by atoms with E-state index in [0.717, 1.165) is 32.7 Å². The molecule has 0 atom stereocenters. The molecule has 0 spiro atoms. The summed E-state index contributed by atoms with van der Waals surface area (Å²) >= 11 is 0. The van der Waals surface area contributed by atoms with Crippen LogP contribution in [0.1, 0.15) is 5.56 Å². The molecule has 1 aliphatic heterocycles. The lowest BCUT2D eigenvalue weighted by Gasteiger charge is -2.30. The molecule has 1 aliphatic rings. The number of nitrogens with one attached hydrogen (secondary N) is 1. The zero-order chi connectivity index (χ0) is 12.9. The highest BCUT2D eigenvalue weighted by atomic mass is 15.3. The quantitative estimate of drug-likeness (QED) is 0.833. The van der Waals surface area contributed by atoms with Crippen LogP contribution in [0.3, 0.4) is 0 Å². The Morgan fingerprint density at radius 1 is 0.842 bits per heavy atom. The largest absolute Gasteiger partial charge is 0.291 e. The zero-order valence-corrected chi connectivity index (χ0v) is 11.1. The third-order valence-corrected chi connectivity index (χ3v) is 3.65. The van der Waals surface area contributed by atoms with Crippen molar-refractivity contribution in [3.63, 3.8) is 0 Å². The van der Waals surface area contributed by atoms with Gasteiger partial charge in [-0.3, -0.25) is 9.80 Å². The van der Waals surface area contributed by atoms with Gasteiger partial charge >= 0.3 is 0 Å². The number of rotatable bonds is 3. The van der Waals surface area contributed by atoms with Crippen molar-refractivity contribution in [2.75, 3.05) is 31.1 Å². The first-order chi connectivity index (χ1) is 9.42. The molecule has 3 nitrogen and oxygen atoms in total. The Labute approximate surface area is 114 Å². The minimum Gasteiger partial charge on any atom is -0.291 e.